The van der Waals surface area contributed by atoms with E-state index in [0.29, 0.717) is 13.1 Å². The Morgan fingerprint density at radius 2 is 1.95 bits per heavy atom. The highest BCUT2D eigenvalue weighted by Gasteiger charge is 2.18. The molecule has 0 radical (unpaired) electrons. The molecule has 20 heavy (non-hydrogen) atoms. The summed E-state index contributed by atoms with van der Waals surface area (Å²) in [7, 11) is -3.60. The van der Waals surface area contributed by atoms with Gasteiger partial charge in [-0.25, -0.2) is 13.1 Å². The lowest BCUT2D eigenvalue weighted by Gasteiger charge is -2.18. The standard InChI is InChI=1S/C13H22ClN3O2S/c1-3-17(4-2)8-7-16-20(18,19)13-9-11(10-15)5-6-12(13)14/h5-6,9,16H,3-4,7-8,10,15H2,1-2H3. The van der Waals surface area contributed by atoms with Gasteiger partial charge in [-0.2, -0.15) is 0 Å². The van der Waals surface area contributed by atoms with Crippen LogP contribution >= 0.6 is 11.6 Å². The van der Waals surface area contributed by atoms with Gasteiger partial charge in [-0.3, -0.25) is 0 Å². The molecule has 0 unspecified atom stereocenters. The van der Waals surface area contributed by atoms with Gasteiger partial charge in [-0.05, 0) is 30.8 Å². The maximum Gasteiger partial charge on any atom is 0.242 e. The molecule has 0 saturated heterocycles. The predicted octanol–water partition coefficient (Wildman–Crippen LogP) is 1.42. The van der Waals surface area contributed by atoms with E-state index in [-0.39, 0.29) is 16.5 Å². The van der Waals surface area contributed by atoms with E-state index < -0.39 is 10.0 Å². The van der Waals surface area contributed by atoms with E-state index in [1.165, 1.54) is 6.07 Å². The van der Waals surface area contributed by atoms with Crippen LogP contribution in [-0.2, 0) is 16.6 Å². The van der Waals surface area contributed by atoms with E-state index in [2.05, 4.69) is 9.62 Å². The van der Waals surface area contributed by atoms with Crippen LogP contribution in [0.1, 0.15) is 19.4 Å². The molecule has 0 aliphatic heterocycles. The van der Waals surface area contributed by atoms with Gasteiger partial charge in [0.1, 0.15) is 4.90 Å². The van der Waals surface area contributed by atoms with Crippen LogP contribution in [0.3, 0.4) is 0 Å². The van der Waals surface area contributed by atoms with Crippen molar-refractivity contribution in [3.63, 3.8) is 0 Å². The summed E-state index contributed by atoms with van der Waals surface area (Å²) >= 11 is 5.96. The monoisotopic (exact) mass is 319 g/mol. The van der Waals surface area contributed by atoms with Gasteiger partial charge >= 0.3 is 0 Å². The lowest BCUT2D eigenvalue weighted by atomic mass is 10.2. The van der Waals surface area contributed by atoms with Crippen molar-refractivity contribution in [3.05, 3.63) is 28.8 Å². The number of nitrogens with zero attached hydrogens (tertiary/aromatic N) is 1. The summed E-state index contributed by atoms with van der Waals surface area (Å²) in [6.07, 6.45) is 0. The molecule has 0 saturated carbocycles. The van der Waals surface area contributed by atoms with E-state index in [9.17, 15) is 8.42 Å². The molecular weight excluding hydrogens is 298 g/mol. The lowest BCUT2D eigenvalue weighted by molar-refractivity contribution is 0.309. The molecule has 7 heteroatoms. The van der Waals surface area contributed by atoms with Crippen LogP contribution < -0.4 is 10.5 Å². The topological polar surface area (TPSA) is 75.4 Å². The number of likely N-dealkylation sites (N-methyl/N-ethyl adjacent to an activating group) is 1. The van der Waals surface area contributed by atoms with Gasteiger partial charge in [0.15, 0.2) is 0 Å². The van der Waals surface area contributed by atoms with Crippen molar-refractivity contribution in [2.75, 3.05) is 26.2 Å². The molecule has 3 N–H and O–H groups in total. The first-order valence-corrected chi connectivity index (χ1v) is 8.51. The van der Waals surface area contributed by atoms with Crippen LogP contribution in [0.2, 0.25) is 5.02 Å². The summed E-state index contributed by atoms with van der Waals surface area (Å²) in [5, 5.41) is 0.206. The molecule has 1 aromatic rings. The van der Waals surface area contributed by atoms with Crippen LogP contribution in [0.5, 0.6) is 0 Å². The SMILES string of the molecule is CCN(CC)CCNS(=O)(=O)c1cc(CN)ccc1Cl. The molecule has 0 aliphatic rings. The van der Waals surface area contributed by atoms with E-state index in [0.717, 1.165) is 18.7 Å². The van der Waals surface area contributed by atoms with Crippen LogP contribution in [0.15, 0.2) is 23.1 Å². The number of nitrogens with two attached hydrogens (primary N) is 1. The summed E-state index contributed by atoms with van der Waals surface area (Å²) in [5.41, 5.74) is 6.26. The third-order valence-electron chi connectivity index (χ3n) is 3.14. The van der Waals surface area contributed by atoms with E-state index in [1.54, 1.807) is 12.1 Å². The highest BCUT2D eigenvalue weighted by molar-refractivity contribution is 7.89. The first kappa shape index (κ1) is 17.4. The minimum atomic E-state index is -3.60. The fourth-order valence-corrected chi connectivity index (χ4v) is 3.41. The summed E-state index contributed by atoms with van der Waals surface area (Å²) in [4.78, 5) is 2.22. The Balaban J connectivity index is 2.78. The molecule has 1 rings (SSSR count). The van der Waals surface area contributed by atoms with E-state index in [4.69, 9.17) is 17.3 Å². The Labute approximate surface area is 126 Å². The molecule has 0 bridgehead atoms. The molecule has 0 aliphatic carbocycles. The van der Waals surface area contributed by atoms with Crippen molar-refractivity contribution in [2.24, 2.45) is 5.73 Å². The Bertz CT molecular complexity index is 530. The Hall–Kier alpha value is -0.660. The van der Waals surface area contributed by atoms with Crippen LogP contribution in [0.25, 0.3) is 0 Å². The number of hydrogen-bond donors (Lipinski definition) is 2. The largest absolute Gasteiger partial charge is 0.326 e. The first-order valence-electron chi connectivity index (χ1n) is 6.65. The quantitative estimate of drug-likeness (QED) is 0.760. The van der Waals surface area contributed by atoms with Gasteiger partial charge in [0.25, 0.3) is 0 Å². The minimum Gasteiger partial charge on any atom is -0.326 e. The van der Waals surface area contributed by atoms with Gasteiger partial charge < -0.3 is 10.6 Å². The number of rotatable bonds is 8. The minimum absolute atomic E-state index is 0.0849. The highest BCUT2D eigenvalue weighted by atomic mass is 35.5. The number of hydrogen-bond acceptors (Lipinski definition) is 4. The van der Waals surface area contributed by atoms with Gasteiger partial charge in [0, 0.05) is 19.6 Å². The highest BCUT2D eigenvalue weighted by Crippen LogP contribution is 2.22. The number of benzene rings is 1. The molecule has 0 fully saturated rings. The van der Waals surface area contributed by atoms with Crippen molar-refractivity contribution in [2.45, 2.75) is 25.3 Å². The summed E-state index contributed by atoms with van der Waals surface area (Å²) in [5.74, 6) is 0. The number of nitrogens with one attached hydrogen (secondary N) is 1. The molecule has 5 nitrogen and oxygen atoms in total. The summed E-state index contributed by atoms with van der Waals surface area (Å²) in [6, 6.07) is 4.79. The van der Waals surface area contributed by atoms with Crippen molar-refractivity contribution in [1.82, 2.24) is 9.62 Å². The van der Waals surface area contributed by atoms with Gasteiger partial charge in [0.2, 0.25) is 10.0 Å². The van der Waals surface area contributed by atoms with Crippen LogP contribution in [0, 0.1) is 0 Å². The average molecular weight is 320 g/mol. The molecule has 0 spiro atoms. The zero-order valence-electron chi connectivity index (χ0n) is 11.9. The van der Waals surface area contributed by atoms with E-state index in [1.807, 2.05) is 13.8 Å². The molecule has 0 aromatic heterocycles. The molecular formula is C13H22ClN3O2S. The second-order valence-electron chi connectivity index (χ2n) is 4.39. The third kappa shape index (κ3) is 4.71. The van der Waals surface area contributed by atoms with Crippen LogP contribution in [-0.4, -0.2) is 39.5 Å². The summed E-state index contributed by atoms with van der Waals surface area (Å²) < 4.78 is 27.0. The zero-order chi connectivity index (χ0) is 15.2. The van der Waals surface area contributed by atoms with Crippen molar-refractivity contribution >= 4 is 21.6 Å². The molecule has 0 heterocycles. The van der Waals surface area contributed by atoms with Crippen molar-refractivity contribution in [3.8, 4) is 0 Å². The van der Waals surface area contributed by atoms with Crippen LogP contribution in [0.4, 0.5) is 0 Å². The molecule has 114 valence electrons. The lowest BCUT2D eigenvalue weighted by Crippen LogP contribution is -2.34. The number of sulfonamides is 1. The molecule has 0 atom stereocenters. The second-order valence-corrected chi connectivity index (χ2v) is 6.54. The normalized spacial score (nSPS) is 12.1. The van der Waals surface area contributed by atoms with Gasteiger partial charge in [-0.1, -0.05) is 31.5 Å². The Morgan fingerprint density at radius 3 is 2.50 bits per heavy atom. The number of halogens is 1. The zero-order valence-corrected chi connectivity index (χ0v) is 13.5. The second kappa shape index (κ2) is 7.95. The summed E-state index contributed by atoms with van der Waals surface area (Å²) in [6.45, 7) is 7.16. The molecule has 1 aromatic carbocycles. The van der Waals surface area contributed by atoms with Gasteiger partial charge in [0.05, 0.1) is 5.02 Å². The van der Waals surface area contributed by atoms with Crippen molar-refractivity contribution in [1.29, 1.82) is 0 Å². The maximum atomic E-state index is 12.2. The Kier molecular flexibility index (Phi) is 6.91. The predicted molar refractivity (Wildman–Crippen MR) is 82.3 cm³/mol. The molecule has 0 amide bonds. The van der Waals surface area contributed by atoms with E-state index >= 15 is 0 Å². The van der Waals surface area contributed by atoms with Gasteiger partial charge in [-0.15, -0.1) is 0 Å². The Morgan fingerprint density at radius 1 is 1.30 bits per heavy atom. The first-order chi connectivity index (χ1) is 9.44. The maximum absolute atomic E-state index is 12.2. The third-order valence-corrected chi connectivity index (χ3v) is 5.08. The fourth-order valence-electron chi connectivity index (χ4n) is 1.84. The average Bonchev–Trinajstić information content (AvgIpc) is 2.44. The van der Waals surface area contributed by atoms with Crippen molar-refractivity contribution < 1.29 is 8.42 Å². The fraction of sp³-hybridized carbons (Fsp3) is 0.538. The smallest absolute Gasteiger partial charge is 0.242 e.